The summed E-state index contributed by atoms with van der Waals surface area (Å²) in [5, 5.41) is 0. The molecule has 0 saturated carbocycles. The van der Waals surface area contributed by atoms with Gasteiger partial charge in [0, 0.05) is 32.8 Å². The molecule has 0 rings (SSSR count). The van der Waals surface area contributed by atoms with Crippen LogP contribution in [0.2, 0.25) is 0 Å². The number of ether oxygens (including phenoxy) is 4. The van der Waals surface area contributed by atoms with Crippen molar-refractivity contribution in [1.29, 1.82) is 0 Å². The summed E-state index contributed by atoms with van der Waals surface area (Å²) >= 11 is 0. The fourth-order valence-electron chi connectivity index (χ4n) is 0.736. The zero-order valence-electron chi connectivity index (χ0n) is 11.9. The van der Waals surface area contributed by atoms with Crippen LogP contribution in [-0.4, -0.2) is 38.7 Å². The topological polar surface area (TPSA) is 71.1 Å². The van der Waals surface area contributed by atoms with Crippen molar-refractivity contribution in [2.75, 3.05) is 14.2 Å². The van der Waals surface area contributed by atoms with Gasteiger partial charge in [0.15, 0.2) is 6.29 Å². The van der Waals surface area contributed by atoms with E-state index in [9.17, 15) is 9.59 Å². The molecule has 0 aliphatic carbocycles. The van der Waals surface area contributed by atoms with Crippen molar-refractivity contribution in [2.24, 2.45) is 0 Å². The average Bonchev–Trinajstić information content (AvgIpc) is 2.44. The smallest absolute Gasteiger partial charge is 0.332 e. The molecule has 2 unspecified atom stereocenters. The van der Waals surface area contributed by atoms with E-state index >= 15 is 0 Å². The molecule has 0 aromatic rings. The molecule has 0 aromatic carbocycles. The first kappa shape index (κ1) is 19.7. The number of carbonyl (C=O) groups excluding carboxylic acids is 2. The third-order valence-electron chi connectivity index (χ3n) is 1.79. The van der Waals surface area contributed by atoms with Crippen LogP contribution in [0.1, 0.15) is 20.3 Å². The van der Waals surface area contributed by atoms with Crippen molar-refractivity contribution >= 4 is 11.9 Å². The summed E-state index contributed by atoms with van der Waals surface area (Å²) < 4.78 is 18.7. The fourth-order valence-corrected chi connectivity index (χ4v) is 0.736. The van der Waals surface area contributed by atoms with E-state index < -0.39 is 24.5 Å². The monoisotopic (exact) mass is 274 g/mol. The lowest BCUT2D eigenvalue weighted by Gasteiger charge is -2.11. The molecular formula is C13H22O6. The summed E-state index contributed by atoms with van der Waals surface area (Å²) in [7, 11) is 2.95. The summed E-state index contributed by atoms with van der Waals surface area (Å²) in [6.45, 7) is 9.96. The van der Waals surface area contributed by atoms with Crippen LogP contribution < -0.4 is 0 Å². The Bertz CT molecular complexity index is 283. The quantitative estimate of drug-likeness (QED) is 0.400. The summed E-state index contributed by atoms with van der Waals surface area (Å²) in [4.78, 5) is 20.9. The van der Waals surface area contributed by atoms with Gasteiger partial charge in [-0.3, -0.25) is 0 Å². The van der Waals surface area contributed by atoms with Crippen LogP contribution in [0.25, 0.3) is 0 Å². The molecule has 0 N–H and O–H groups in total. The molecule has 0 radical (unpaired) electrons. The van der Waals surface area contributed by atoms with E-state index in [4.69, 9.17) is 9.47 Å². The molecule has 19 heavy (non-hydrogen) atoms. The first-order valence-electron chi connectivity index (χ1n) is 5.66. The minimum atomic E-state index is -0.490. The summed E-state index contributed by atoms with van der Waals surface area (Å²) in [5.41, 5.74) is 0. The average molecular weight is 274 g/mol. The standard InChI is InChI=1S/C7H12O3.C6H10O3/c1-4-6(8)10-7(5-2)9-3;1-4-6(7)9-5(2)8-3/h4,7H,1,5H2,2-3H3;4-5H,1H2,2-3H3. The third kappa shape index (κ3) is 12.6. The van der Waals surface area contributed by atoms with Gasteiger partial charge in [-0.15, -0.1) is 0 Å². The highest BCUT2D eigenvalue weighted by atomic mass is 16.7. The van der Waals surface area contributed by atoms with Crippen molar-refractivity contribution in [2.45, 2.75) is 32.8 Å². The largest absolute Gasteiger partial charge is 0.433 e. The highest BCUT2D eigenvalue weighted by Gasteiger charge is 2.06. The summed E-state index contributed by atoms with van der Waals surface area (Å²) in [6.07, 6.45) is 1.92. The Morgan fingerprint density at radius 2 is 1.53 bits per heavy atom. The second kappa shape index (κ2) is 12.8. The third-order valence-corrected chi connectivity index (χ3v) is 1.79. The van der Waals surface area contributed by atoms with Crippen LogP contribution in [-0.2, 0) is 28.5 Å². The maximum Gasteiger partial charge on any atom is 0.332 e. The van der Waals surface area contributed by atoms with Gasteiger partial charge in [0.1, 0.15) is 0 Å². The number of hydrogen-bond donors (Lipinski definition) is 0. The number of carbonyl (C=O) groups is 2. The minimum absolute atomic E-state index is 0.439. The second-order valence-electron chi connectivity index (χ2n) is 3.16. The Morgan fingerprint density at radius 3 is 1.84 bits per heavy atom. The van der Waals surface area contributed by atoms with E-state index in [1.54, 1.807) is 6.92 Å². The van der Waals surface area contributed by atoms with Gasteiger partial charge in [-0.2, -0.15) is 0 Å². The molecule has 110 valence electrons. The van der Waals surface area contributed by atoms with Crippen LogP contribution in [0.4, 0.5) is 0 Å². The van der Waals surface area contributed by atoms with Crippen LogP contribution >= 0.6 is 0 Å². The molecule has 0 amide bonds. The van der Waals surface area contributed by atoms with Gasteiger partial charge < -0.3 is 18.9 Å². The fraction of sp³-hybridized carbons (Fsp3) is 0.538. The van der Waals surface area contributed by atoms with Gasteiger partial charge in [-0.1, -0.05) is 20.1 Å². The zero-order valence-corrected chi connectivity index (χ0v) is 11.9. The molecule has 0 aliphatic rings. The Hall–Kier alpha value is -1.66. The van der Waals surface area contributed by atoms with Crippen molar-refractivity contribution < 1.29 is 28.5 Å². The first-order valence-corrected chi connectivity index (χ1v) is 5.66. The SMILES string of the molecule is C=CC(=O)OC(C)OC.C=CC(=O)OC(CC)OC. The van der Waals surface area contributed by atoms with E-state index in [0.717, 1.165) is 12.2 Å². The lowest BCUT2D eigenvalue weighted by atomic mass is 10.5. The van der Waals surface area contributed by atoms with Crippen molar-refractivity contribution in [3.8, 4) is 0 Å². The molecule has 0 spiro atoms. The van der Waals surface area contributed by atoms with Crippen molar-refractivity contribution in [1.82, 2.24) is 0 Å². The molecule has 0 aromatic heterocycles. The molecular weight excluding hydrogens is 252 g/mol. The predicted molar refractivity (Wildman–Crippen MR) is 70.1 cm³/mol. The maximum atomic E-state index is 10.5. The summed E-state index contributed by atoms with van der Waals surface area (Å²) in [6, 6.07) is 0. The molecule has 0 aliphatic heterocycles. The van der Waals surface area contributed by atoms with Gasteiger partial charge in [-0.25, -0.2) is 9.59 Å². The van der Waals surface area contributed by atoms with Crippen molar-refractivity contribution in [3.05, 3.63) is 25.3 Å². The second-order valence-corrected chi connectivity index (χ2v) is 3.16. The highest BCUT2D eigenvalue weighted by molar-refractivity contribution is 5.81. The maximum absolute atomic E-state index is 10.5. The highest BCUT2D eigenvalue weighted by Crippen LogP contribution is 1.98. The number of rotatable bonds is 7. The predicted octanol–water partition coefficient (Wildman–Crippen LogP) is 1.81. The Kier molecular flexibility index (Phi) is 13.2. The van der Waals surface area contributed by atoms with Crippen molar-refractivity contribution in [3.63, 3.8) is 0 Å². The van der Waals surface area contributed by atoms with E-state index in [2.05, 4.69) is 22.6 Å². The van der Waals surface area contributed by atoms with E-state index in [1.165, 1.54) is 14.2 Å². The molecule has 6 heteroatoms. The lowest BCUT2D eigenvalue weighted by Crippen LogP contribution is -2.17. The normalized spacial score (nSPS) is 12.2. The molecule has 0 bridgehead atoms. The van der Waals surface area contributed by atoms with Gasteiger partial charge >= 0.3 is 11.9 Å². The van der Waals surface area contributed by atoms with Gasteiger partial charge in [-0.05, 0) is 6.92 Å². The van der Waals surface area contributed by atoms with Crippen LogP contribution in [0.3, 0.4) is 0 Å². The van der Waals surface area contributed by atoms with Crippen LogP contribution in [0, 0.1) is 0 Å². The summed E-state index contributed by atoms with van der Waals surface area (Å²) in [5.74, 6) is -0.918. The number of hydrogen-bond acceptors (Lipinski definition) is 6. The van der Waals surface area contributed by atoms with E-state index in [0.29, 0.717) is 6.42 Å². The Balaban J connectivity index is 0. The van der Waals surface area contributed by atoms with Gasteiger partial charge in [0.25, 0.3) is 0 Å². The molecule has 0 saturated heterocycles. The Labute approximate surface area is 114 Å². The van der Waals surface area contributed by atoms with E-state index in [1.807, 2.05) is 6.92 Å². The molecule has 2 atom stereocenters. The van der Waals surface area contributed by atoms with E-state index in [-0.39, 0.29) is 0 Å². The van der Waals surface area contributed by atoms with Crippen LogP contribution in [0.15, 0.2) is 25.3 Å². The number of methoxy groups -OCH3 is 2. The van der Waals surface area contributed by atoms with Gasteiger partial charge in [0.05, 0.1) is 0 Å². The lowest BCUT2D eigenvalue weighted by molar-refractivity contribution is -0.167. The number of esters is 2. The van der Waals surface area contributed by atoms with Gasteiger partial charge in [0.2, 0.25) is 6.29 Å². The minimum Gasteiger partial charge on any atom is -0.433 e. The van der Waals surface area contributed by atoms with Crippen LogP contribution in [0.5, 0.6) is 0 Å². The zero-order chi connectivity index (χ0) is 15.3. The molecule has 0 fully saturated rings. The first-order chi connectivity index (χ1) is 8.94. The Morgan fingerprint density at radius 1 is 1.05 bits per heavy atom. The molecule has 0 heterocycles. The molecule has 6 nitrogen and oxygen atoms in total.